The van der Waals surface area contributed by atoms with Crippen LogP contribution in [0.2, 0.25) is 0 Å². The molecule has 1 aliphatic rings. The third kappa shape index (κ3) is 2.69. The lowest BCUT2D eigenvalue weighted by molar-refractivity contribution is -0.131. The van der Waals surface area contributed by atoms with Gasteiger partial charge in [-0.15, -0.1) is 12.3 Å². The van der Waals surface area contributed by atoms with E-state index in [0.29, 0.717) is 6.42 Å². The Kier molecular flexibility index (Phi) is 2.86. The van der Waals surface area contributed by atoms with Crippen LogP contribution in [0.5, 0.6) is 0 Å². The molecule has 0 unspecified atom stereocenters. The lowest BCUT2D eigenvalue weighted by Crippen LogP contribution is -2.31. The van der Waals surface area contributed by atoms with Crippen molar-refractivity contribution in [3.05, 3.63) is 0 Å². The molecule has 1 heterocycles. The zero-order valence-corrected chi connectivity index (χ0v) is 7.22. The summed E-state index contributed by atoms with van der Waals surface area (Å²) in [4.78, 5) is 12.4. The number of amides is 1. The van der Waals surface area contributed by atoms with Crippen LogP contribution in [-0.2, 0) is 4.79 Å². The normalized spacial score (nSPS) is 19.9. The maximum atomic E-state index is 12.6. The van der Waals surface area contributed by atoms with E-state index < -0.39 is 12.5 Å². The maximum Gasteiger partial charge on any atom is 0.267 e. The van der Waals surface area contributed by atoms with Crippen LogP contribution in [0.25, 0.3) is 0 Å². The van der Waals surface area contributed by atoms with Crippen molar-refractivity contribution < 1.29 is 13.6 Å². The van der Waals surface area contributed by atoms with Crippen LogP contribution >= 0.6 is 0 Å². The Morgan fingerprint density at radius 3 is 2.77 bits per heavy atom. The molecule has 1 aliphatic heterocycles. The van der Waals surface area contributed by atoms with Gasteiger partial charge in [-0.25, -0.2) is 8.78 Å². The molecule has 0 aromatic carbocycles. The zero-order chi connectivity index (χ0) is 9.90. The molecule has 0 bridgehead atoms. The molecule has 0 aliphatic carbocycles. The summed E-state index contributed by atoms with van der Waals surface area (Å²) in [6, 6.07) is 0. The van der Waals surface area contributed by atoms with Crippen LogP contribution in [0.3, 0.4) is 0 Å². The number of likely N-dealkylation sites (tertiary alicyclic amines) is 1. The quantitative estimate of drug-likeness (QED) is 0.596. The molecule has 0 atom stereocenters. The molecule has 1 saturated heterocycles. The lowest BCUT2D eigenvalue weighted by atomic mass is 10.3. The summed E-state index contributed by atoms with van der Waals surface area (Å²) in [6.45, 7) is -0.299. The first-order valence-corrected chi connectivity index (χ1v) is 4.14. The number of hydrogen-bond donors (Lipinski definition) is 0. The van der Waals surface area contributed by atoms with Crippen LogP contribution in [0.1, 0.15) is 19.3 Å². The maximum absolute atomic E-state index is 12.6. The molecular formula is C9H11F2NO. The predicted molar refractivity (Wildman–Crippen MR) is 44.2 cm³/mol. The SMILES string of the molecule is C#CCCC(=O)N1CCC(F)(F)C1. The minimum atomic E-state index is -2.70. The number of terminal acetylenes is 1. The Hall–Kier alpha value is -1.11. The van der Waals surface area contributed by atoms with E-state index in [9.17, 15) is 13.6 Å². The molecule has 1 amide bonds. The van der Waals surface area contributed by atoms with Gasteiger partial charge in [0.2, 0.25) is 5.91 Å². The second-order valence-electron chi connectivity index (χ2n) is 3.13. The molecule has 13 heavy (non-hydrogen) atoms. The van der Waals surface area contributed by atoms with E-state index >= 15 is 0 Å². The van der Waals surface area contributed by atoms with Gasteiger partial charge in [0.05, 0.1) is 6.54 Å². The number of halogens is 2. The number of carbonyl (C=O) groups is 1. The topological polar surface area (TPSA) is 20.3 Å². The number of rotatable bonds is 2. The van der Waals surface area contributed by atoms with Gasteiger partial charge < -0.3 is 4.90 Å². The third-order valence-electron chi connectivity index (χ3n) is 2.01. The van der Waals surface area contributed by atoms with Gasteiger partial charge in [-0.1, -0.05) is 0 Å². The number of carbonyl (C=O) groups excluding carboxylic acids is 1. The first-order chi connectivity index (χ1) is 6.05. The summed E-state index contributed by atoms with van der Waals surface area (Å²) in [5, 5.41) is 0. The van der Waals surface area contributed by atoms with Crippen molar-refractivity contribution in [2.24, 2.45) is 0 Å². The molecule has 0 saturated carbocycles. The summed E-state index contributed by atoms with van der Waals surface area (Å²) in [6.07, 6.45) is 5.23. The van der Waals surface area contributed by atoms with E-state index in [1.54, 1.807) is 0 Å². The fourth-order valence-corrected chi connectivity index (χ4v) is 1.29. The average molecular weight is 187 g/mol. The highest BCUT2D eigenvalue weighted by Crippen LogP contribution is 2.27. The third-order valence-corrected chi connectivity index (χ3v) is 2.01. The number of alkyl halides is 2. The first kappa shape index (κ1) is 9.97. The fraction of sp³-hybridized carbons (Fsp3) is 0.667. The largest absolute Gasteiger partial charge is 0.336 e. The van der Waals surface area contributed by atoms with Gasteiger partial charge in [0.1, 0.15) is 0 Å². The van der Waals surface area contributed by atoms with Gasteiger partial charge in [-0.3, -0.25) is 4.79 Å². The molecule has 0 aromatic heterocycles. The Bertz CT molecular complexity index is 244. The summed E-state index contributed by atoms with van der Waals surface area (Å²) in [7, 11) is 0. The predicted octanol–water partition coefficient (Wildman–Crippen LogP) is 1.27. The van der Waals surface area contributed by atoms with Gasteiger partial charge in [-0.2, -0.15) is 0 Å². The van der Waals surface area contributed by atoms with Gasteiger partial charge >= 0.3 is 0 Å². The second-order valence-corrected chi connectivity index (χ2v) is 3.13. The Balaban J connectivity index is 2.39. The summed E-state index contributed by atoms with van der Waals surface area (Å²) < 4.78 is 25.3. The van der Waals surface area contributed by atoms with Gasteiger partial charge in [-0.05, 0) is 0 Å². The number of hydrogen-bond acceptors (Lipinski definition) is 1. The Morgan fingerprint density at radius 2 is 2.31 bits per heavy atom. The molecular weight excluding hydrogens is 176 g/mol. The standard InChI is InChI=1S/C9H11F2NO/c1-2-3-4-8(13)12-6-5-9(10,11)7-12/h1H,3-7H2. The van der Waals surface area contributed by atoms with E-state index in [2.05, 4.69) is 5.92 Å². The molecule has 0 spiro atoms. The molecule has 1 fully saturated rings. The lowest BCUT2D eigenvalue weighted by Gasteiger charge is -2.14. The van der Waals surface area contributed by atoms with E-state index in [1.807, 2.05) is 0 Å². The minimum absolute atomic E-state index is 0.149. The summed E-state index contributed by atoms with van der Waals surface area (Å²) >= 11 is 0. The van der Waals surface area contributed by atoms with Crippen LogP contribution in [0.15, 0.2) is 0 Å². The van der Waals surface area contributed by atoms with Crippen LogP contribution < -0.4 is 0 Å². The minimum Gasteiger partial charge on any atom is -0.336 e. The van der Waals surface area contributed by atoms with Crippen molar-refractivity contribution in [2.75, 3.05) is 13.1 Å². The molecule has 2 nitrogen and oxygen atoms in total. The highest BCUT2D eigenvalue weighted by atomic mass is 19.3. The van der Waals surface area contributed by atoms with E-state index in [-0.39, 0.29) is 25.3 Å². The molecule has 72 valence electrons. The van der Waals surface area contributed by atoms with Crippen molar-refractivity contribution in [2.45, 2.75) is 25.2 Å². The average Bonchev–Trinajstić information content (AvgIpc) is 2.42. The summed E-state index contributed by atoms with van der Waals surface area (Å²) in [5.41, 5.74) is 0. The highest BCUT2D eigenvalue weighted by molar-refractivity contribution is 5.76. The molecule has 4 heteroatoms. The van der Waals surface area contributed by atoms with E-state index in [0.717, 1.165) is 0 Å². The molecule has 0 radical (unpaired) electrons. The first-order valence-electron chi connectivity index (χ1n) is 4.14. The highest BCUT2D eigenvalue weighted by Gasteiger charge is 2.39. The van der Waals surface area contributed by atoms with Gasteiger partial charge in [0.15, 0.2) is 0 Å². The van der Waals surface area contributed by atoms with E-state index in [4.69, 9.17) is 6.42 Å². The van der Waals surface area contributed by atoms with Crippen molar-refractivity contribution in [1.82, 2.24) is 4.90 Å². The molecule has 0 N–H and O–H groups in total. The van der Waals surface area contributed by atoms with Crippen molar-refractivity contribution in [3.63, 3.8) is 0 Å². The monoisotopic (exact) mass is 187 g/mol. The van der Waals surface area contributed by atoms with Crippen molar-refractivity contribution >= 4 is 5.91 Å². The van der Waals surface area contributed by atoms with Crippen LogP contribution in [0.4, 0.5) is 8.78 Å². The molecule has 1 rings (SSSR count). The summed E-state index contributed by atoms with van der Waals surface area (Å²) in [5.74, 6) is -0.663. The Morgan fingerprint density at radius 1 is 1.62 bits per heavy atom. The fourth-order valence-electron chi connectivity index (χ4n) is 1.29. The van der Waals surface area contributed by atoms with Crippen LogP contribution in [-0.4, -0.2) is 29.8 Å². The smallest absolute Gasteiger partial charge is 0.267 e. The van der Waals surface area contributed by atoms with Crippen LogP contribution in [0, 0.1) is 12.3 Å². The Labute approximate surface area is 75.9 Å². The zero-order valence-electron chi connectivity index (χ0n) is 7.22. The van der Waals surface area contributed by atoms with Crippen molar-refractivity contribution in [3.8, 4) is 12.3 Å². The van der Waals surface area contributed by atoms with Crippen molar-refractivity contribution in [1.29, 1.82) is 0 Å². The van der Waals surface area contributed by atoms with Gasteiger partial charge in [0, 0.05) is 25.8 Å². The van der Waals surface area contributed by atoms with E-state index in [1.165, 1.54) is 4.90 Å². The number of nitrogens with zero attached hydrogens (tertiary/aromatic N) is 1. The molecule has 0 aromatic rings. The second kappa shape index (κ2) is 3.73. The van der Waals surface area contributed by atoms with Gasteiger partial charge in [0.25, 0.3) is 5.92 Å².